The number of hydrogen-bond donors (Lipinski definition) is 1. The predicted octanol–water partition coefficient (Wildman–Crippen LogP) is 3.49. The highest BCUT2D eigenvalue weighted by atomic mass is 19.1. The third-order valence-corrected chi connectivity index (χ3v) is 2.77. The number of halogens is 1. The summed E-state index contributed by atoms with van der Waals surface area (Å²) in [7, 11) is 0. The number of nitrogens with two attached hydrogens (primary N) is 1. The van der Waals surface area contributed by atoms with Gasteiger partial charge < -0.3 is 10.3 Å². The average Bonchev–Trinajstić information content (AvgIpc) is 2.64. The van der Waals surface area contributed by atoms with Crippen molar-refractivity contribution in [3.63, 3.8) is 0 Å². The monoisotopic (exact) mass is 234 g/mol. The van der Waals surface area contributed by atoms with Gasteiger partial charge in [-0.3, -0.25) is 0 Å². The lowest BCUT2D eigenvalue weighted by Gasteiger charge is -2.11. The van der Waals surface area contributed by atoms with E-state index in [9.17, 15) is 4.39 Å². The molecule has 17 heavy (non-hydrogen) atoms. The van der Waals surface area contributed by atoms with E-state index < -0.39 is 0 Å². The largest absolute Gasteiger partial charge is 0.368 e. The van der Waals surface area contributed by atoms with Gasteiger partial charge in [-0.05, 0) is 36.1 Å². The highest BCUT2D eigenvalue weighted by molar-refractivity contribution is 5.66. The molecule has 2 N–H and O–H groups in total. The minimum atomic E-state index is -0.183. The Morgan fingerprint density at radius 2 is 2.00 bits per heavy atom. The van der Waals surface area contributed by atoms with Gasteiger partial charge in [-0.15, -0.1) is 0 Å². The van der Waals surface area contributed by atoms with E-state index in [1.165, 1.54) is 6.07 Å². The van der Waals surface area contributed by atoms with E-state index >= 15 is 0 Å². The SMILES string of the molecule is Cc1cc(F)c(C(C)C)cc1-c1cc(N)on1. The quantitative estimate of drug-likeness (QED) is 0.865. The Bertz CT molecular complexity index is 546. The van der Waals surface area contributed by atoms with Crippen LogP contribution in [0.25, 0.3) is 11.3 Å². The minimum Gasteiger partial charge on any atom is -0.368 e. The van der Waals surface area contributed by atoms with Crippen LogP contribution in [0.3, 0.4) is 0 Å². The van der Waals surface area contributed by atoms with Crippen molar-refractivity contribution >= 4 is 5.88 Å². The van der Waals surface area contributed by atoms with Crippen LogP contribution in [0.15, 0.2) is 22.7 Å². The van der Waals surface area contributed by atoms with E-state index in [0.717, 1.165) is 11.1 Å². The first kappa shape index (κ1) is 11.6. The van der Waals surface area contributed by atoms with E-state index in [4.69, 9.17) is 10.3 Å². The molecule has 0 aliphatic carbocycles. The molecule has 4 heteroatoms. The first-order valence-corrected chi connectivity index (χ1v) is 5.51. The van der Waals surface area contributed by atoms with Crippen molar-refractivity contribution in [1.29, 1.82) is 0 Å². The lowest BCUT2D eigenvalue weighted by atomic mass is 9.95. The zero-order chi connectivity index (χ0) is 12.6. The summed E-state index contributed by atoms with van der Waals surface area (Å²) in [5.74, 6) is 0.200. The van der Waals surface area contributed by atoms with Crippen LogP contribution in [-0.2, 0) is 0 Å². The minimum absolute atomic E-state index is 0.124. The van der Waals surface area contributed by atoms with Crippen molar-refractivity contribution < 1.29 is 8.91 Å². The molecule has 0 saturated carbocycles. The second-order valence-electron chi connectivity index (χ2n) is 4.46. The fraction of sp³-hybridized carbons (Fsp3) is 0.308. The molecule has 0 aliphatic rings. The van der Waals surface area contributed by atoms with Crippen LogP contribution in [0.2, 0.25) is 0 Å². The maximum Gasteiger partial charge on any atom is 0.222 e. The van der Waals surface area contributed by atoms with Gasteiger partial charge in [0.1, 0.15) is 11.5 Å². The molecule has 0 saturated heterocycles. The standard InChI is InChI=1S/C13H15FN2O/c1-7(2)9-5-10(8(3)4-11(9)14)12-6-13(15)17-16-12/h4-7H,15H2,1-3H3. The van der Waals surface area contributed by atoms with E-state index in [2.05, 4.69) is 5.16 Å². The second kappa shape index (κ2) is 4.20. The molecular weight excluding hydrogens is 219 g/mol. The Morgan fingerprint density at radius 1 is 1.29 bits per heavy atom. The zero-order valence-corrected chi connectivity index (χ0v) is 10.1. The maximum atomic E-state index is 13.7. The third-order valence-electron chi connectivity index (χ3n) is 2.77. The number of nitrogens with zero attached hydrogens (tertiary/aromatic N) is 1. The Kier molecular flexibility index (Phi) is 2.88. The second-order valence-corrected chi connectivity index (χ2v) is 4.46. The molecule has 0 atom stereocenters. The van der Waals surface area contributed by atoms with Crippen molar-refractivity contribution in [3.05, 3.63) is 35.1 Å². The van der Waals surface area contributed by atoms with Crippen molar-refractivity contribution in [2.75, 3.05) is 5.73 Å². The lowest BCUT2D eigenvalue weighted by molar-refractivity contribution is 0.439. The molecular formula is C13H15FN2O. The first-order chi connectivity index (χ1) is 7.99. The Morgan fingerprint density at radius 3 is 2.53 bits per heavy atom. The Balaban J connectivity index is 2.58. The lowest BCUT2D eigenvalue weighted by Crippen LogP contribution is -1.96. The van der Waals surface area contributed by atoms with E-state index in [-0.39, 0.29) is 17.6 Å². The molecule has 0 fully saturated rings. The molecule has 2 aromatic rings. The molecule has 1 aromatic heterocycles. The average molecular weight is 234 g/mol. The van der Waals surface area contributed by atoms with Crippen LogP contribution in [0.4, 0.5) is 10.3 Å². The van der Waals surface area contributed by atoms with Gasteiger partial charge in [0, 0.05) is 11.6 Å². The van der Waals surface area contributed by atoms with Crippen LogP contribution < -0.4 is 5.73 Å². The number of hydrogen-bond acceptors (Lipinski definition) is 3. The number of benzene rings is 1. The van der Waals surface area contributed by atoms with Crippen molar-refractivity contribution in [1.82, 2.24) is 5.16 Å². The molecule has 0 spiro atoms. The molecule has 2 rings (SSSR count). The summed E-state index contributed by atoms with van der Waals surface area (Å²) in [5, 5.41) is 3.85. The summed E-state index contributed by atoms with van der Waals surface area (Å²) in [6.07, 6.45) is 0. The molecule has 0 aliphatic heterocycles. The zero-order valence-electron chi connectivity index (χ0n) is 10.1. The number of aromatic nitrogens is 1. The van der Waals surface area contributed by atoms with Gasteiger partial charge in [0.2, 0.25) is 5.88 Å². The summed E-state index contributed by atoms with van der Waals surface area (Å²) in [6, 6.07) is 4.98. The van der Waals surface area contributed by atoms with E-state index in [1.54, 1.807) is 6.07 Å². The van der Waals surface area contributed by atoms with Gasteiger partial charge in [0.25, 0.3) is 0 Å². The fourth-order valence-electron chi connectivity index (χ4n) is 1.82. The molecule has 1 aromatic carbocycles. The van der Waals surface area contributed by atoms with Crippen LogP contribution in [0, 0.1) is 12.7 Å². The van der Waals surface area contributed by atoms with Crippen molar-refractivity contribution in [2.45, 2.75) is 26.7 Å². The smallest absolute Gasteiger partial charge is 0.222 e. The normalized spacial score (nSPS) is 11.1. The Hall–Kier alpha value is -1.84. The summed E-state index contributed by atoms with van der Waals surface area (Å²) in [5.41, 5.74) is 8.48. The molecule has 0 unspecified atom stereocenters. The maximum absolute atomic E-state index is 13.7. The van der Waals surface area contributed by atoms with Gasteiger partial charge in [-0.2, -0.15) is 0 Å². The van der Waals surface area contributed by atoms with Gasteiger partial charge in [-0.1, -0.05) is 19.0 Å². The van der Waals surface area contributed by atoms with Gasteiger partial charge in [0.05, 0.1) is 0 Å². The van der Waals surface area contributed by atoms with Crippen LogP contribution in [0.5, 0.6) is 0 Å². The fourth-order valence-corrected chi connectivity index (χ4v) is 1.82. The number of aryl methyl sites for hydroxylation is 1. The van der Waals surface area contributed by atoms with Crippen LogP contribution in [-0.4, -0.2) is 5.16 Å². The molecule has 1 heterocycles. The molecule has 3 nitrogen and oxygen atoms in total. The van der Waals surface area contributed by atoms with E-state index in [1.807, 2.05) is 26.8 Å². The first-order valence-electron chi connectivity index (χ1n) is 5.51. The number of anilines is 1. The third kappa shape index (κ3) is 2.16. The highest BCUT2D eigenvalue weighted by Crippen LogP contribution is 2.29. The summed E-state index contributed by atoms with van der Waals surface area (Å²) < 4.78 is 18.6. The molecule has 0 amide bonds. The summed E-state index contributed by atoms with van der Waals surface area (Å²) in [6.45, 7) is 5.75. The molecule has 90 valence electrons. The van der Waals surface area contributed by atoms with Gasteiger partial charge in [-0.25, -0.2) is 4.39 Å². The molecule has 0 radical (unpaired) electrons. The number of rotatable bonds is 2. The van der Waals surface area contributed by atoms with Crippen LogP contribution in [0.1, 0.15) is 30.9 Å². The van der Waals surface area contributed by atoms with Gasteiger partial charge >= 0.3 is 0 Å². The Labute approximate surface area is 99.4 Å². The van der Waals surface area contributed by atoms with Gasteiger partial charge in [0.15, 0.2) is 0 Å². The van der Waals surface area contributed by atoms with Crippen molar-refractivity contribution in [3.8, 4) is 11.3 Å². The van der Waals surface area contributed by atoms with Crippen molar-refractivity contribution in [2.24, 2.45) is 0 Å². The van der Waals surface area contributed by atoms with Crippen LogP contribution >= 0.6 is 0 Å². The summed E-state index contributed by atoms with van der Waals surface area (Å²) in [4.78, 5) is 0. The summed E-state index contributed by atoms with van der Waals surface area (Å²) >= 11 is 0. The molecule has 0 bridgehead atoms. The highest BCUT2D eigenvalue weighted by Gasteiger charge is 2.13. The topological polar surface area (TPSA) is 52.0 Å². The number of nitrogen functional groups attached to an aromatic ring is 1. The van der Waals surface area contributed by atoms with E-state index in [0.29, 0.717) is 11.3 Å². The predicted molar refractivity (Wildman–Crippen MR) is 65.1 cm³/mol.